The number of methoxy groups -OCH3 is 1. The van der Waals surface area contributed by atoms with Crippen LogP contribution in [0.15, 0.2) is 24.3 Å². The van der Waals surface area contributed by atoms with Gasteiger partial charge in [-0.05, 0) is 17.7 Å². The number of halogens is 3. The monoisotopic (exact) mass is 249 g/mol. The van der Waals surface area contributed by atoms with E-state index < -0.39 is 24.1 Å². The molecule has 0 saturated carbocycles. The largest absolute Gasteiger partial charge is 0.573 e. The van der Waals surface area contributed by atoms with Crippen LogP contribution in [0.5, 0.6) is 5.75 Å². The number of ether oxygens (including phenoxy) is 2. The number of rotatable bonds is 3. The standard InChI is InChI=1S/C10H10F3NO3/c1-16-9(15)8(14)6-3-2-4-7(5-6)17-10(11,12)13/h2-5,8H,14H2,1H3/t8-/m0/s1. The number of carbonyl (C=O) groups is 1. The molecule has 0 aromatic heterocycles. The summed E-state index contributed by atoms with van der Waals surface area (Å²) in [6.45, 7) is 0. The van der Waals surface area contributed by atoms with Crippen LogP contribution in [0.3, 0.4) is 0 Å². The fourth-order valence-corrected chi connectivity index (χ4v) is 1.17. The van der Waals surface area contributed by atoms with Gasteiger partial charge in [0, 0.05) is 0 Å². The first kappa shape index (κ1) is 13.3. The third-order valence-corrected chi connectivity index (χ3v) is 1.91. The summed E-state index contributed by atoms with van der Waals surface area (Å²) in [5, 5.41) is 0. The highest BCUT2D eigenvalue weighted by molar-refractivity contribution is 5.77. The van der Waals surface area contributed by atoms with Gasteiger partial charge >= 0.3 is 12.3 Å². The summed E-state index contributed by atoms with van der Waals surface area (Å²) in [5.41, 5.74) is 5.65. The highest BCUT2D eigenvalue weighted by atomic mass is 19.4. The van der Waals surface area contributed by atoms with E-state index in [1.807, 2.05) is 0 Å². The van der Waals surface area contributed by atoms with Crippen molar-refractivity contribution in [1.29, 1.82) is 0 Å². The smallest absolute Gasteiger partial charge is 0.468 e. The zero-order valence-corrected chi connectivity index (χ0v) is 8.82. The van der Waals surface area contributed by atoms with Crippen LogP contribution in [0.25, 0.3) is 0 Å². The van der Waals surface area contributed by atoms with Gasteiger partial charge in [-0.2, -0.15) is 0 Å². The number of benzene rings is 1. The molecule has 2 N–H and O–H groups in total. The molecule has 17 heavy (non-hydrogen) atoms. The van der Waals surface area contributed by atoms with E-state index in [0.29, 0.717) is 0 Å². The third-order valence-electron chi connectivity index (χ3n) is 1.91. The van der Waals surface area contributed by atoms with Crippen LogP contribution in [0.1, 0.15) is 11.6 Å². The third kappa shape index (κ3) is 3.95. The van der Waals surface area contributed by atoms with Crippen LogP contribution in [0.4, 0.5) is 13.2 Å². The van der Waals surface area contributed by atoms with Gasteiger partial charge < -0.3 is 15.2 Å². The van der Waals surface area contributed by atoms with Gasteiger partial charge in [-0.25, -0.2) is 0 Å². The van der Waals surface area contributed by atoms with Crippen molar-refractivity contribution in [1.82, 2.24) is 0 Å². The minimum absolute atomic E-state index is 0.179. The Morgan fingerprint density at radius 3 is 2.59 bits per heavy atom. The average Bonchev–Trinajstić information content (AvgIpc) is 2.25. The number of esters is 1. The van der Waals surface area contributed by atoms with Crippen molar-refractivity contribution < 1.29 is 27.4 Å². The Hall–Kier alpha value is -1.76. The molecule has 1 atom stereocenters. The summed E-state index contributed by atoms with van der Waals surface area (Å²) >= 11 is 0. The molecule has 1 aromatic rings. The molecule has 0 radical (unpaired) electrons. The lowest BCUT2D eigenvalue weighted by Gasteiger charge is -2.12. The van der Waals surface area contributed by atoms with Crippen molar-refractivity contribution in [2.75, 3.05) is 7.11 Å². The molecule has 0 spiro atoms. The Balaban J connectivity index is 2.89. The maximum absolute atomic E-state index is 12.0. The highest BCUT2D eigenvalue weighted by Gasteiger charge is 2.31. The van der Waals surface area contributed by atoms with Gasteiger partial charge in [-0.3, -0.25) is 4.79 Å². The number of hydrogen-bond donors (Lipinski definition) is 1. The SMILES string of the molecule is COC(=O)[C@@H](N)c1cccc(OC(F)(F)F)c1. The lowest BCUT2D eigenvalue weighted by Crippen LogP contribution is -2.23. The molecule has 0 unspecified atom stereocenters. The Labute approximate surface area is 95.1 Å². The first-order valence-electron chi connectivity index (χ1n) is 4.52. The molecular weight excluding hydrogens is 239 g/mol. The summed E-state index contributed by atoms with van der Waals surface area (Å²) in [5.74, 6) is -1.18. The van der Waals surface area contributed by atoms with E-state index in [2.05, 4.69) is 9.47 Å². The van der Waals surface area contributed by atoms with Gasteiger partial charge in [0.05, 0.1) is 7.11 Å². The predicted octanol–water partition coefficient (Wildman–Crippen LogP) is 1.76. The van der Waals surface area contributed by atoms with Crippen LogP contribution in [0.2, 0.25) is 0 Å². The molecule has 0 aliphatic carbocycles. The first-order chi connectivity index (χ1) is 7.83. The second-order valence-corrected chi connectivity index (χ2v) is 3.12. The summed E-state index contributed by atoms with van der Waals surface area (Å²) in [4.78, 5) is 11.1. The van der Waals surface area contributed by atoms with E-state index in [9.17, 15) is 18.0 Å². The zero-order valence-electron chi connectivity index (χ0n) is 8.82. The normalized spacial score (nSPS) is 13.0. The first-order valence-corrected chi connectivity index (χ1v) is 4.52. The van der Waals surface area contributed by atoms with Crippen LogP contribution >= 0.6 is 0 Å². The lowest BCUT2D eigenvalue weighted by molar-refractivity contribution is -0.274. The minimum atomic E-state index is -4.78. The lowest BCUT2D eigenvalue weighted by atomic mass is 10.1. The maximum atomic E-state index is 12.0. The summed E-state index contributed by atoms with van der Waals surface area (Å²) in [6.07, 6.45) is -4.78. The van der Waals surface area contributed by atoms with E-state index in [1.165, 1.54) is 12.1 Å². The van der Waals surface area contributed by atoms with Crippen molar-refractivity contribution in [3.8, 4) is 5.75 Å². The van der Waals surface area contributed by atoms with Gasteiger partial charge in [0.1, 0.15) is 11.8 Å². The van der Waals surface area contributed by atoms with Crippen LogP contribution in [-0.4, -0.2) is 19.4 Å². The molecule has 94 valence electrons. The topological polar surface area (TPSA) is 61.5 Å². The van der Waals surface area contributed by atoms with Gasteiger partial charge in [0.2, 0.25) is 0 Å². The Morgan fingerprint density at radius 1 is 1.41 bits per heavy atom. The number of carbonyl (C=O) groups excluding carboxylic acids is 1. The predicted molar refractivity (Wildman–Crippen MR) is 52.1 cm³/mol. The van der Waals surface area contributed by atoms with Gasteiger partial charge in [-0.1, -0.05) is 12.1 Å². The molecular formula is C10H10F3NO3. The molecule has 0 aliphatic rings. The second kappa shape index (κ2) is 5.05. The summed E-state index contributed by atoms with van der Waals surface area (Å²) in [7, 11) is 1.14. The summed E-state index contributed by atoms with van der Waals surface area (Å²) < 4.78 is 43.9. The van der Waals surface area contributed by atoms with E-state index in [4.69, 9.17) is 5.73 Å². The van der Waals surface area contributed by atoms with Crippen molar-refractivity contribution in [3.63, 3.8) is 0 Å². The van der Waals surface area contributed by atoms with E-state index in [1.54, 1.807) is 0 Å². The molecule has 0 aliphatic heterocycles. The highest BCUT2D eigenvalue weighted by Crippen LogP contribution is 2.25. The molecule has 7 heteroatoms. The number of hydrogen-bond acceptors (Lipinski definition) is 4. The molecule has 1 rings (SSSR count). The van der Waals surface area contributed by atoms with Crippen molar-refractivity contribution >= 4 is 5.97 Å². The molecule has 0 amide bonds. The summed E-state index contributed by atoms with van der Waals surface area (Å²) in [6, 6.07) is 3.72. The number of alkyl halides is 3. The Bertz CT molecular complexity index is 406. The average molecular weight is 249 g/mol. The van der Waals surface area contributed by atoms with E-state index in [0.717, 1.165) is 19.2 Å². The minimum Gasteiger partial charge on any atom is -0.468 e. The van der Waals surface area contributed by atoms with Gasteiger partial charge in [0.25, 0.3) is 0 Å². The Morgan fingerprint density at radius 2 is 2.06 bits per heavy atom. The van der Waals surface area contributed by atoms with Crippen LogP contribution in [0, 0.1) is 0 Å². The molecule has 0 heterocycles. The Kier molecular flexibility index (Phi) is 3.95. The van der Waals surface area contributed by atoms with Crippen molar-refractivity contribution in [2.24, 2.45) is 5.73 Å². The maximum Gasteiger partial charge on any atom is 0.573 e. The van der Waals surface area contributed by atoms with Crippen LogP contribution < -0.4 is 10.5 Å². The van der Waals surface area contributed by atoms with Gasteiger partial charge in [0.15, 0.2) is 0 Å². The van der Waals surface area contributed by atoms with E-state index >= 15 is 0 Å². The number of nitrogens with two attached hydrogens (primary N) is 1. The quantitative estimate of drug-likeness (QED) is 0.829. The van der Waals surface area contributed by atoms with Crippen LogP contribution in [-0.2, 0) is 9.53 Å². The van der Waals surface area contributed by atoms with E-state index in [-0.39, 0.29) is 5.56 Å². The van der Waals surface area contributed by atoms with Crippen molar-refractivity contribution in [3.05, 3.63) is 29.8 Å². The molecule has 0 saturated heterocycles. The van der Waals surface area contributed by atoms with Crippen molar-refractivity contribution in [2.45, 2.75) is 12.4 Å². The fourth-order valence-electron chi connectivity index (χ4n) is 1.17. The molecule has 0 bridgehead atoms. The molecule has 0 fully saturated rings. The fraction of sp³-hybridized carbons (Fsp3) is 0.300. The molecule has 1 aromatic carbocycles. The molecule has 4 nitrogen and oxygen atoms in total. The van der Waals surface area contributed by atoms with Gasteiger partial charge in [-0.15, -0.1) is 13.2 Å². The zero-order chi connectivity index (χ0) is 13.1. The second-order valence-electron chi connectivity index (χ2n) is 3.12.